The predicted octanol–water partition coefficient (Wildman–Crippen LogP) is 1.79. The topological polar surface area (TPSA) is 85.1 Å². The minimum Gasteiger partial charge on any atom is -0.326 e. The number of anilines is 1. The van der Waals surface area contributed by atoms with E-state index in [9.17, 15) is 12.8 Å². The van der Waals surface area contributed by atoms with Crippen LogP contribution in [0.3, 0.4) is 0 Å². The Morgan fingerprint density at radius 1 is 1.30 bits per heavy atom. The molecule has 0 atom stereocenters. The Hall–Kier alpha value is -1.99. The van der Waals surface area contributed by atoms with Gasteiger partial charge in [0, 0.05) is 18.4 Å². The molecule has 0 radical (unpaired) electrons. The maximum Gasteiger partial charge on any atom is 0.279 e. The van der Waals surface area contributed by atoms with Gasteiger partial charge in [-0.25, -0.2) is 9.37 Å². The molecule has 1 heterocycles. The van der Waals surface area contributed by atoms with Gasteiger partial charge in [0.15, 0.2) is 5.03 Å². The molecule has 3 N–H and O–H groups in total. The number of aryl methyl sites for hydroxylation is 1. The molecule has 1 aromatic heterocycles. The van der Waals surface area contributed by atoms with E-state index in [4.69, 9.17) is 5.73 Å². The molecule has 2 aromatic rings. The number of nitrogens with two attached hydrogens (primary N) is 1. The minimum absolute atomic E-state index is 0.114. The van der Waals surface area contributed by atoms with Crippen molar-refractivity contribution >= 4 is 15.7 Å². The van der Waals surface area contributed by atoms with Crippen molar-refractivity contribution in [2.45, 2.75) is 18.5 Å². The second-order valence-electron chi connectivity index (χ2n) is 4.28. The Labute approximate surface area is 116 Å². The highest BCUT2D eigenvalue weighted by molar-refractivity contribution is 7.92. The fourth-order valence-electron chi connectivity index (χ4n) is 1.61. The number of pyridine rings is 1. The van der Waals surface area contributed by atoms with Gasteiger partial charge >= 0.3 is 0 Å². The molecule has 0 aliphatic carbocycles. The Bertz CT molecular complexity index is 715. The van der Waals surface area contributed by atoms with E-state index in [1.165, 1.54) is 30.5 Å². The van der Waals surface area contributed by atoms with Crippen molar-refractivity contribution in [3.63, 3.8) is 0 Å². The molecule has 0 aliphatic heterocycles. The lowest BCUT2D eigenvalue weighted by Crippen LogP contribution is -2.15. The van der Waals surface area contributed by atoms with E-state index in [1.54, 1.807) is 13.0 Å². The maximum absolute atomic E-state index is 13.1. The molecule has 7 heteroatoms. The summed E-state index contributed by atoms with van der Waals surface area (Å²) in [4.78, 5) is 3.85. The number of rotatable bonds is 4. The zero-order valence-corrected chi connectivity index (χ0v) is 11.6. The molecule has 0 saturated carbocycles. The van der Waals surface area contributed by atoms with Gasteiger partial charge in [0.2, 0.25) is 0 Å². The van der Waals surface area contributed by atoms with Gasteiger partial charge in [-0.3, -0.25) is 4.72 Å². The monoisotopic (exact) mass is 295 g/mol. The zero-order chi connectivity index (χ0) is 14.8. The lowest BCUT2D eigenvalue weighted by Gasteiger charge is -2.08. The first-order chi connectivity index (χ1) is 9.42. The second-order valence-corrected chi connectivity index (χ2v) is 5.91. The SMILES string of the molecule is Cc1cc(NS(=O)(=O)c2ccc(CN)cn2)ccc1F. The number of nitrogens with one attached hydrogen (secondary N) is 1. The smallest absolute Gasteiger partial charge is 0.279 e. The van der Waals surface area contributed by atoms with Crippen LogP contribution >= 0.6 is 0 Å². The highest BCUT2D eigenvalue weighted by Gasteiger charge is 2.16. The average molecular weight is 295 g/mol. The van der Waals surface area contributed by atoms with Crippen LogP contribution in [0.2, 0.25) is 0 Å². The Balaban J connectivity index is 2.27. The van der Waals surface area contributed by atoms with Gasteiger partial charge in [0.25, 0.3) is 10.0 Å². The Kier molecular flexibility index (Phi) is 4.01. The summed E-state index contributed by atoms with van der Waals surface area (Å²) in [7, 11) is -3.79. The van der Waals surface area contributed by atoms with Crippen molar-refractivity contribution < 1.29 is 12.8 Å². The van der Waals surface area contributed by atoms with Crippen LogP contribution in [0.5, 0.6) is 0 Å². The maximum atomic E-state index is 13.1. The van der Waals surface area contributed by atoms with Gasteiger partial charge in [0.1, 0.15) is 5.82 Å². The molecule has 0 fully saturated rings. The van der Waals surface area contributed by atoms with Crippen molar-refractivity contribution in [3.8, 4) is 0 Å². The third kappa shape index (κ3) is 3.12. The third-order valence-corrected chi connectivity index (χ3v) is 4.02. The van der Waals surface area contributed by atoms with Gasteiger partial charge in [0.05, 0.1) is 0 Å². The normalized spacial score (nSPS) is 11.3. The number of hydrogen-bond acceptors (Lipinski definition) is 4. The molecule has 106 valence electrons. The lowest BCUT2D eigenvalue weighted by molar-refractivity contribution is 0.597. The second kappa shape index (κ2) is 5.56. The summed E-state index contributed by atoms with van der Waals surface area (Å²) in [5.74, 6) is -0.390. The third-order valence-electron chi connectivity index (χ3n) is 2.72. The van der Waals surface area contributed by atoms with Crippen LogP contribution < -0.4 is 10.5 Å². The molecule has 0 saturated heterocycles. The summed E-state index contributed by atoms with van der Waals surface area (Å²) in [5.41, 5.74) is 6.80. The van der Waals surface area contributed by atoms with E-state index in [0.717, 1.165) is 5.56 Å². The number of benzene rings is 1. The predicted molar refractivity (Wildman–Crippen MR) is 74.1 cm³/mol. The molecule has 20 heavy (non-hydrogen) atoms. The van der Waals surface area contributed by atoms with Gasteiger partial charge in [-0.2, -0.15) is 8.42 Å². The first kappa shape index (κ1) is 14.4. The van der Waals surface area contributed by atoms with E-state index in [-0.39, 0.29) is 17.3 Å². The van der Waals surface area contributed by atoms with Crippen molar-refractivity contribution in [3.05, 3.63) is 53.5 Å². The summed E-state index contributed by atoms with van der Waals surface area (Å²) >= 11 is 0. The van der Waals surface area contributed by atoms with Crippen molar-refractivity contribution in [1.29, 1.82) is 0 Å². The molecular formula is C13H14FN3O2S. The molecule has 0 bridgehead atoms. The van der Waals surface area contributed by atoms with E-state index < -0.39 is 15.8 Å². The quantitative estimate of drug-likeness (QED) is 0.900. The van der Waals surface area contributed by atoms with Crippen LogP contribution in [0.1, 0.15) is 11.1 Å². The Morgan fingerprint density at radius 2 is 2.05 bits per heavy atom. The molecule has 0 unspecified atom stereocenters. The van der Waals surface area contributed by atoms with Gasteiger partial charge < -0.3 is 5.73 Å². The van der Waals surface area contributed by atoms with E-state index in [2.05, 4.69) is 9.71 Å². The zero-order valence-electron chi connectivity index (χ0n) is 10.8. The molecule has 0 spiro atoms. The van der Waals surface area contributed by atoms with Crippen LogP contribution in [-0.4, -0.2) is 13.4 Å². The molecule has 2 rings (SSSR count). The van der Waals surface area contributed by atoms with Crippen LogP contribution in [0.4, 0.5) is 10.1 Å². The first-order valence-electron chi connectivity index (χ1n) is 5.86. The van der Waals surface area contributed by atoms with Gasteiger partial charge in [-0.1, -0.05) is 6.07 Å². The van der Waals surface area contributed by atoms with Crippen molar-refractivity contribution in [2.24, 2.45) is 5.73 Å². The summed E-state index contributed by atoms with van der Waals surface area (Å²) < 4.78 is 39.7. The standard InChI is InChI=1S/C13H14FN3O2S/c1-9-6-11(3-4-12(9)14)17-20(18,19)13-5-2-10(7-15)8-16-13/h2-6,8,17H,7,15H2,1H3. The van der Waals surface area contributed by atoms with Crippen LogP contribution in [0, 0.1) is 12.7 Å². The van der Waals surface area contributed by atoms with Gasteiger partial charge in [-0.15, -0.1) is 0 Å². The number of halogens is 1. The summed E-state index contributed by atoms with van der Waals surface area (Å²) in [6.45, 7) is 1.85. The van der Waals surface area contributed by atoms with E-state index >= 15 is 0 Å². The fourth-order valence-corrected chi connectivity index (χ4v) is 2.59. The molecule has 1 aromatic carbocycles. The van der Waals surface area contributed by atoms with E-state index in [1.807, 2.05) is 0 Å². The number of hydrogen-bond donors (Lipinski definition) is 2. The largest absolute Gasteiger partial charge is 0.326 e. The number of sulfonamides is 1. The van der Waals surface area contributed by atoms with Crippen LogP contribution in [0.25, 0.3) is 0 Å². The van der Waals surface area contributed by atoms with Crippen molar-refractivity contribution in [2.75, 3.05) is 4.72 Å². The number of nitrogens with zero attached hydrogens (tertiary/aromatic N) is 1. The minimum atomic E-state index is -3.79. The molecular weight excluding hydrogens is 281 g/mol. The summed E-state index contributed by atoms with van der Waals surface area (Å²) in [6, 6.07) is 6.95. The first-order valence-corrected chi connectivity index (χ1v) is 7.34. The van der Waals surface area contributed by atoms with Crippen LogP contribution in [0.15, 0.2) is 41.6 Å². The average Bonchev–Trinajstić information content (AvgIpc) is 2.43. The molecule has 0 aliphatic rings. The van der Waals surface area contributed by atoms with Crippen LogP contribution in [-0.2, 0) is 16.6 Å². The fraction of sp³-hybridized carbons (Fsp3) is 0.154. The van der Waals surface area contributed by atoms with Crippen molar-refractivity contribution in [1.82, 2.24) is 4.98 Å². The van der Waals surface area contributed by atoms with Gasteiger partial charge in [-0.05, 0) is 42.3 Å². The summed E-state index contributed by atoms with van der Waals surface area (Å²) in [6.07, 6.45) is 1.41. The Morgan fingerprint density at radius 3 is 2.60 bits per heavy atom. The highest BCUT2D eigenvalue weighted by atomic mass is 32.2. The summed E-state index contributed by atoms with van der Waals surface area (Å²) in [5, 5.41) is -0.114. The molecule has 0 amide bonds. The van der Waals surface area contributed by atoms with E-state index in [0.29, 0.717) is 5.56 Å². The highest BCUT2D eigenvalue weighted by Crippen LogP contribution is 2.17. The lowest BCUT2D eigenvalue weighted by atomic mass is 10.2. The molecule has 5 nitrogen and oxygen atoms in total. The number of aromatic nitrogens is 1.